The summed E-state index contributed by atoms with van der Waals surface area (Å²) in [6, 6.07) is 10.3. The van der Waals surface area contributed by atoms with Gasteiger partial charge in [-0.15, -0.1) is 0 Å². The van der Waals surface area contributed by atoms with Crippen LogP contribution in [0, 0.1) is 17.3 Å². The zero-order valence-electron chi connectivity index (χ0n) is 15.3. The second-order valence-electron chi connectivity index (χ2n) is 9.56. The molecular weight excluding hydrogens is 346 g/mol. The van der Waals surface area contributed by atoms with Crippen LogP contribution in [-0.2, 0) is 5.41 Å². The van der Waals surface area contributed by atoms with Crippen LogP contribution in [0.15, 0.2) is 24.3 Å². The van der Waals surface area contributed by atoms with Crippen LogP contribution in [0.1, 0.15) is 57.4 Å². The maximum Gasteiger partial charge on any atom is 0.0406 e. The largest absolute Gasteiger partial charge is 0.310 e. The van der Waals surface area contributed by atoms with Crippen molar-refractivity contribution in [3.8, 4) is 0 Å². The molecular formula is C22H30ClNS. The van der Waals surface area contributed by atoms with Crippen molar-refractivity contribution in [1.29, 1.82) is 0 Å². The lowest BCUT2D eigenvalue weighted by Gasteiger charge is -2.64. The van der Waals surface area contributed by atoms with E-state index in [1.54, 1.807) is 5.56 Å². The zero-order valence-corrected chi connectivity index (χ0v) is 16.8. The van der Waals surface area contributed by atoms with Gasteiger partial charge in [0.1, 0.15) is 0 Å². The Kier molecular flexibility index (Phi) is 4.19. The second kappa shape index (κ2) is 6.17. The Hall–Kier alpha value is -0.180. The molecule has 0 radical (unpaired) electrons. The van der Waals surface area contributed by atoms with Gasteiger partial charge in [-0.2, -0.15) is 11.8 Å². The minimum absolute atomic E-state index is 0.426. The molecule has 0 amide bonds. The first-order valence-electron chi connectivity index (χ1n) is 10.2. The molecule has 1 heterocycles. The Morgan fingerprint density at radius 1 is 1.12 bits per heavy atom. The molecule has 4 atom stereocenters. The number of hydrogen-bond acceptors (Lipinski definition) is 2. The average molecular weight is 376 g/mol. The molecule has 0 unspecified atom stereocenters. The van der Waals surface area contributed by atoms with E-state index in [-0.39, 0.29) is 0 Å². The van der Waals surface area contributed by atoms with Gasteiger partial charge >= 0.3 is 0 Å². The highest BCUT2D eigenvalue weighted by Gasteiger charge is 2.59. The highest BCUT2D eigenvalue weighted by Crippen LogP contribution is 2.66. The van der Waals surface area contributed by atoms with Crippen molar-refractivity contribution in [2.24, 2.45) is 17.3 Å². The topological polar surface area (TPSA) is 12.0 Å². The predicted octanol–water partition coefficient (Wildman–Crippen LogP) is 5.66. The van der Waals surface area contributed by atoms with E-state index < -0.39 is 0 Å². The molecule has 1 aliphatic heterocycles. The van der Waals surface area contributed by atoms with Crippen LogP contribution in [0.25, 0.3) is 0 Å². The third kappa shape index (κ3) is 2.87. The van der Waals surface area contributed by atoms with Gasteiger partial charge in [-0.1, -0.05) is 23.7 Å². The predicted molar refractivity (Wildman–Crippen MR) is 109 cm³/mol. The second-order valence-corrected chi connectivity index (χ2v) is 11.1. The standard InChI is InChI=1S/C22H30ClNS/c1-15(24-20-6-7-25-13-20)21-9-16-8-17(10-21)12-22(11-16,14-21)18-2-4-19(23)5-3-18/h2-5,15-17,20,24H,6-14H2,1H3/t15-,16-,17-,20+,21?,22?/m1/s1. The fraction of sp³-hybridized carbons (Fsp3) is 0.727. The average Bonchev–Trinajstić information content (AvgIpc) is 3.07. The number of hydrogen-bond donors (Lipinski definition) is 1. The van der Waals surface area contributed by atoms with Gasteiger partial charge in [-0.3, -0.25) is 0 Å². The van der Waals surface area contributed by atoms with Crippen LogP contribution in [-0.4, -0.2) is 23.6 Å². The van der Waals surface area contributed by atoms with Gasteiger partial charge in [-0.05, 0) is 98.0 Å². The molecule has 5 aliphatic rings. The van der Waals surface area contributed by atoms with E-state index in [0.717, 1.165) is 22.9 Å². The third-order valence-corrected chi connectivity index (χ3v) is 9.31. The molecule has 3 heteroatoms. The smallest absolute Gasteiger partial charge is 0.0406 e. The van der Waals surface area contributed by atoms with Crippen LogP contribution >= 0.6 is 23.4 Å². The minimum atomic E-state index is 0.426. The number of nitrogens with one attached hydrogen (secondary N) is 1. The molecule has 6 rings (SSSR count). The normalized spacial score (nSPS) is 43.5. The Balaban J connectivity index is 1.44. The van der Waals surface area contributed by atoms with E-state index in [9.17, 15) is 0 Å². The first-order chi connectivity index (χ1) is 12.1. The van der Waals surface area contributed by atoms with Crippen LogP contribution < -0.4 is 5.32 Å². The minimum Gasteiger partial charge on any atom is -0.310 e. The van der Waals surface area contributed by atoms with Gasteiger partial charge in [-0.25, -0.2) is 0 Å². The van der Waals surface area contributed by atoms with Gasteiger partial charge in [0.05, 0.1) is 0 Å². The molecule has 1 aromatic rings. The van der Waals surface area contributed by atoms with Gasteiger partial charge in [0.25, 0.3) is 0 Å². The van der Waals surface area contributed by atoms with Crippen molar-refractivity contribution < 1.29 is 0 Å². The third-order valence-electron chi connectivity index (χ3n) is 7.90. The van der Waals surface area contributed by atoms with E-state index in [2.05, 4.69) is 48.3 Å². The van der Waals surface area contributed by atoms with Crippen molar-refractivity contribution >= 4 is 23.4 Å². The molecule has 25 heavy (non-hydrogen) atoms. The van der Waals surface area contributed by atoms with Crippen molar-refractivity contribution in [2.45, 2.75) is 69.4 Å². The maximum absolute atomic E-state index is 6.18. The van der Waals surface area contributed by atoms with Crippen LogP contribution in [0.5, 0.6) is 0 Å². The quantitative estimate of drug-likeness (QED) is 0.728. The Labute approximate surface area is 161 Å². The highest BCUT2D eigenvalue weighted by molar-refractivity contribution is 7.99. The summed E-state index contributed by atoms with van der Waals surface area (Å²) in [5.41, 5.74) is 2.52. The van der Waals surface area contributed by atoms with E-state index in [0.29, 0.717) is 16.9 Å². The van der Waals surface area contributed by atoms with Crippen molar-refractivity contribution in [2.75, 3.05) is 11.5 Å². The van der Waals surface area contributed by atoms with Crippen molar-refractivity contribution in [3.63, 3.8) is 0 Å². The van der Waals surface area contributed by atoms with E-state index in [1.165, 1.54) is 56.5 Å². The number of thioether (sulfide) groups is 1. The fourth-order valence-corrected chi connectivity index (χ4v) is 8.47. The van der Waals surface area contributed by atoms with Gasteiger partial charge in [0, 0.05) is 22.9 Å². The molecule has 1 aromatic carbocycles. The van der Waals surface area contributed by atoms with Gasteiger partial charge in [0.2, 0.25) is 0 Å². The lowest BCUT2D eigenvalue weighted by molar-refractivity contribution is -0.0892. The molecule has 1 nitrogen and oxygen atoms in total. The number of halogens is 1. The highest BCUT2D eigenvalue weighted by atomic mass is 35.5. The fourth-order valence-electron chi connectivity index (χ4n) is 7.18. The zero-order chi connectivity index (χ0) is 17.1. The van der Waals surface area contributed by atoms with Crippen LogP contribution in [0.4, 0.5) is 0 Å². The van der Waals surface area contributed by atoms with E-state index in [4.69, 9.17) is 11.6 Å². The number of rotatable bonds is 4. The van der Waals surface area contributed by atoms with Crippen molar-refractivity contribution in [1.82, 2.24) is 5.32 Å². The maximum atomic E-state index is 6.18. The summed E-state index contributed by atoms with van der Waals surface area (Å²) < 4.78 is 0. The molecule has 4 saturated carbocycles. The first kappa shape index (κ1) is 17.0. The molecule has 1 N–H and O–H groups in total. The van der Waals surface area contributed by atoms with Gasteiger partial charge in [0.15, 0.2) is 0 Å². The molecule has 1 saturated heterocycles. The molecule has 136 valence electrons. The first-order valence-corrected chi connectivity index (χ1v) is 11.7. The van der Waals surface area contributed by atoms with E-state index >= 15 is 0 Å². The number of benzene rings is 1. The Morgan fingerprint density at radius 3 is 2.48 bits per heavy atom. The summed E-state index contributed by atoms with van der Waals surface area (Å²) in [6.07, 6.45) is 10.0. The molecule has 5 fully saturated rings. The summed E-state index contributed by atoms with van der Waals surface area (Å²) in [5, 5.41) is 4.94. The Bertz CT molecular complexity index is 622. The molecule has 0 spiro atoms. The summed E-state index contributed by atoms with van der Waals surface area (Å²) in [6.45, 7) is 2.51. The molecule has 4 aliphatic carbocycles. The van der Waals surface area contributed by atoms with E-state index in [1.807, 2.05) is 0 Å². The summed E-state index contributed by atoms with van der Waals surface area (Å²) >= 11 is 8.30. The van der Waals surface area contributed by atoms with Crippen LogP contribution in [0.3, 0.4) is 0 Å². The monoisotopic (exact) mass is 375 g/mol. The Morgan fingerprint density at radius 2 is 1.84 bits per heavy atom. The lowest BCUT2D eigenvalue weighted by atomic mass is 9.41. The van der Waals surface area contributed by atoms with Gasteiger partial charge < -0.3 is 5.32 Å². The lowest BCUT2D eigenvalue weighted by Crippen LogP contribution is -2.61. The molecule has 4 bridgehead atoms. The molecule has 0 aromatic heterocycles. The summed E-state index contributed by atoms with van der Waals surface area (Å²) in [5.74, 6) is 4.55. The summed E-state index contributed by atoms with van der Waals surface area (Å²) in [7, 11) is 0. The SMILES string of the molecule is C[C@@H](N[C@H]1CCSC1)C12C[C@H]3C[C@@H](CC(c4ccc(Cl)cc4)(C3)C1)C2. The van der Waals surface area contributed by atoms with Crippen LogP contribution in [0.2, 0.25) is 5.02 Å². The summed E-state index contributed by atoms with van der Waals surface area (Å²) in [4.78, 5) is 0. The van der Waals surface area contributed by atoms with Crippen molar-refractivity contribution in [3.05, 3.63) is 34.9 Å².